The third kappa shape index (κ3) is 2.68. The number of nitrogens with zero attached hydrogens (tertiary/aromatic N) is 6. The van der Waals surface area contributed by atoms with Crippen LogP contribution in [0.15, 0.2) is 76.5 Å². The molecule has 29 heavy (non-hydrogen) atoms. The number of fused-ring (bicyclic) bond motifs is 5. The third-order valence-corrected chi connectivity index (χ3v) is 5.28. The number of benzene rings is 1. The van der Waals surface area contributed by atoms with Crippen LogP contribution in [0.2, 0.25) is 0 Å². The minimum atomic E-state index is -0.190. The van der Waals surface area contributed by atoms with E-state index < -0.39 is 0 Å². The lowest BCUT2D eigenvalue weighted by molar-refractivity contribution is 0.259. The van der Waals surface area contributed by atoms with E-state index in [1.807, 2.05) is 54.7 Å². The van der Waals surface area contributed by atoms with Crippen molar-refractivity contribution in [3.05, 3.63) is 78.5 Å². The van der Waals surface area contributed by atoms with Gasteiger partial charge < -0.3 is 9.73 Å². The van der Waals surface area contributed by atoms with Gasteiger partial charge in [0.2, 0.25) is 11.9 Å². The number of hydrogen-bond acceptors (Lipinski definition) is 7. The summed E-state index contributed by atoms with van der Waals surface area (Å²) in [6.45, 7) is 2.01. The van der Waals surface area contributed by atoms with Gasteiger partial charge in [0.25, 0.3) is 0 Å². The number of furan rings is 1. The van der Waals surface area contributed by atoms with Gasteiger partial charge >= 0.3 is 0 Å². The first-order chi connectivity index (χ1) is 14.4. The van der Waals surface area contributed by atoms with Gasteiger partial charge in [0.15, 0.2) is 6.17 Å². The zero-order chi connectivity index (χ0) is 19.2. The van der Waals surface area contributed by atoms with Crippen molar-refractivity contribution in [1.82, 2.24) is 24.8 Å². The third-order valence-electron chi connectivity index (χ3n) is 5.28. The van der Waals surface area contributed by atoms with E-state index in [2.05, 4.69) is 30.7 Å². The average molecular weight is 385 g/mol. The van der Waals surface area contributed by atoms with E-state index in [1.54, 1.807) is 6.26 Å². The quantitative estimate of drug-likeness (QED) is 0.585. The fourth-order valence-corrected chi connectivity index (χ4v) is 3.98. The van der Waals surface area contributed by atoms with Crippen LogP contribution in [0.25, 0.3) is 11.0 Å². The van der Waals surface area contributed by atoms with E-state index >= 15 is 0 Å². The first-order valence-electron chi connectivity index (χ1n) is 9.58. The Bertz CT molecular complexity index is 1180. The molecule has 1 atom stereocenters. The predicted octanol–water partition coefficient (Wildman–Crippen LogP) is 2.77. The van der Waals surface area contributed by atoms with Gasteiger partial charge in [-0.15, -0.1) is 0 Å². The number of guanidine groups is 1. The van der Waals surface area contributed by atoms with Crippen LogP contribution >= 0.6 is 0 Å². The van der Waals surface area contributed by atoms with Crippen molar-refractivity contribution in [3.8, 4) is 0 Å². The number of hydrogen-bond donors (Lipinski definition) is 1. The topological polar surface area (TPSA) is 74.7 Å². The molecule has 1 aromatic carbocycles. The summed E-state index contributed by atoms with van der Waals surface area (Å²) in [4.78, 5) is 18.5. The molecule has 2 aliphatic rings. The van der Waals surface area contributed by atoms with Crippen LogP contribution in [0.3, 0.4) is 0 Å². The molecule has 0 saturated heterocycles. The maximum absolute atomic E-state index is 5.72. The predicted molar refractivity (Wildman–Crippen MR) is 109 cm³/mol. The fourth-order valence-electron chi connectivity index (χ4n) is 3.98. The maximum Gasteiger partial charge on any atom is 0.216 e. The molecule has 3 aromatic heterocycles. The molecule has 6 rings (SSSR count). The SMILES string of the molecule is c1ccc(CN2CN=C3NC(c4ccco4)n4c(nc5ccccc54)N3C2)nc1. The van der Waals surface area contributed by atoms with Crippen molar-refractivity contribution in [2.24, 2.45) is 4.99 Å². The highest BCUT2D eigenvalue weighted by molar-refractivity contribution is 5.98. The van der Waals surface area contributed by atoms with Gasteiger partial charge in [0, 0.05) is 12.7 Å². The van der Waals surface area contributed by atoms with Crippen molar-refractivity contribution < 1.29 is 4.42 Å². The van der Waals surface area contributed by atoms with Crippen molar-refractivity contribution >= 4 is 22.9 Å². The van der Waals surface area contributed by atoms with Crippen LogP contribution < -0.4 is 10.2 Å². The van der Waals surface area contributed by atoms with Crippen molar-refractivity contribution in [3.63, 3.8) is 0 Å². The summed E-state index contributed by atoms with van der Waals surface area (Å²) in [5.74, 6) is 2.50. The minimum Gasteiger partial charge on any atom is -0.465 e. The van der Waals surface area contributed by atoms with E-state index in [9.17, 15) is 0 Å². The van der Waals surface area contributed by atoms with Crippen molar-refractivity contribution in [2.75, 3.05) is 18.2 Å². The molecule has 0 bridgehead atoms. The molecule has 8 nitrogen and oxygen atoms in total. The summed E-state index contributed by atoms with van der Waals surface area (Å²) < 4.78 is 7.90. The Morgan fingerprint density at radius 1 is 1.07 bits per heavy atom. The monoisotopic (exact) mass is 385 g/mol. The smallest absolute Gasteiger partial charge is 0.216 e. The van der Waals surface area contributed by atoms with Crippen LogP contribution in [0.1, 0.15) is 17.6 Å². The second kappa shape index (κ2) is 6.46. The highest BCUT2D eigenvalue weighted by atomic mass is 16.3. The van der Waals surface area contributed by atoms with Gasteiger partial charge in [-0.1, -0.05) is 18.2 Å². The number of imidazole rings is 1. The molecule has 144 valence electrons. The Kier molecular flexibility index (Phi) is 3.63. The summed E-state index contributed by atoms with van der Waals surface area (Å²) in [6.07, 6.45) is 3.33. The summed E-state index contributed by atoms with van der Waals surface area (Å²) in [7, 11) is 0. The number of pyridine rings is 1. The van der Waals surface area contributed by atoms with E-state index in [1.165, 1.54) is 0 Å². The van der Waals surface area contributed by atoms with E-state index in [4.69, 9.17) is 14.4 Å². The van der Waals surface area contributed by atoms with Crippen LogP contribution in [0.5, 0.6) is 0 Å². The van der Waals surface area contributed by atoms with E-state index in [-0.39, 0.29) is 6.17 Å². The normalized spacial score (nSPS) is 18.8. The lowest BCUT2D eigenvalue weighted by Gasteiger charge is -2.41. The number of aromatic nitrogens is 3. The van der Waals surface area contributed by atoms with Gasteiger partial charge in [0.1, 0.15) is 5.76 Å². The average Bonchev–Trinajstić information content (AvgIpc) is 3.43. The molecule has 0 spiro atoms. The first-order valence-corrected chi connectivity index (χ1v) is 9.58. The lowest BCUT2D eigenvalue weighted by Crippen LogP contribution is -2.57. The molecule has 1 N–H and O–H groups in total. The Hall–Kier alpha value is -3.65. The molecule has 2 aliphatic heterocycles. The molecule has 1 unspecified atom stereocenters. The number of nitrogens with one attached hydrogen (secondary N) is 1. The lowest BCUT2D eigenvalue weighted by atomic mass is 10.2. The molecular weight excluding hydrogens is 366 g/mol. The summed E-state index contributed by atoms with van der Waals surface area (Å²) >= 11 is 0. The van der Waals surface area contributed by atoms with E-state index in [0.717, 1.165) is 40.9 Å². The van der Waals surface area contributed by atoms with Gasteiger partial charge in [-0.3, -0.25) is 19.4 Å². The second-order valence-electron chi connectivity index (χ2n) is 7.18. The van der Waals surface area contributed by atoms with Gasteiger partial charge in [-0.05, 0) is 36.4 Å². The maximum atomic E-state index is 5.72. The first kappa shape index (κ1) is 16.3. The van der Waals surface area contributed by atoms with Gasteiger partial charge in [0.05, 0.1) is 36.3 Å². The van der Waals surface area contributed by atoms with Crippen molar-refractivity contribution in [1.29, 1.82) is 0 Å². The molecule has 5 heterocycles. The molecule has 0 amide bonds. The van der Waals surface area contributed by atoms with Crippen LogP contribution in [-0.2, 0) is 6.54 Å². The number of anilines is 1. The standard InChI is InChI=1S/C21H19N7O/c1-2-8-17-16(7-1)24-21-27-14-26(12-15-6-3-4-10-22-15)13-23-20(27)25-19(28(17)21)18-9-5-11-29-18/h1-11,19H,12-14H2,(H,23,25). The zero-order valence-corrected chi connectivity index (χ0v) is 15.6. The van der Waals surface area contributed by atoms with Crippen LogP contribution in [-0.4, -0.2) is 38.7 Å². The Labute approximate surface area is 167 Å². The van der Waals surface area contributed by atoms with Crippen LogP contribution in [0.4, 0.5) is 5.95 Å². The molecule has 0 radical (unpaired) electrons. The molecule has 0 aliphatic carbocycles. The highest BCUT2D eigenvalue weighted by Gasteiger charge is 2.36. The fraction of sp³-hybridized carbons (Fsp3) is 0.190. The summed E-state index contributed by atoms with van der Waals surface area (Å²) in [5, 5.41) is 3.54. The Balaban J connectivity index is 1.42. The number of rotatable bonds is 3. The van der Waals surface area contributed by atoms with Gasteiger partial charge in [-0.2, -0.15) is 0 Å². The highest BCUT2D eigenvalue weighted by Crippen LogP contribution is 2.34. The summed E-state index contributed by atoms with van der Waals surface area (Å²) in [6, 6.07) is 18.0. The van der Waals surface area contributed by atoms with Crippen molar-refractivity contribution in [2.45, 2.75) is 12.7 Å². The second-order valence-corrected chi connectivity index (χ2v) is 7.18. The minimum absolute atomic E-state index is 0.190. The Morgan fingerprint density at radius 3 is 2.86 bits per heavy atom. The molecule has 4 aromatic rings. The summed E-state index contributed by atoms with van der Waals surface area (Å²) in [5.41, 5.74) is 3.03. The molecule has 8 heteroatoms. The number of para-hydroxylation sites is 2. The van der Waals surface area contributed by atoms with Gasteiger partial charge in [-0.25, -0.2) is 9.98 Å². The van der Waals surface area contributed by atoms with E-state index in [0.29, 0.717) is 13.3 Å². The molecular formula is C21H19N7O. The number of aliphatic imine (C=N–C) groups is 1. The Morgan fingerprint density at radius 2 is 2.00 bits per heavy atom. The van der Waals surface area contributed by atoms with Crippen LogP contribution in [0, 0.1) is 0 Å². The molecule has 0 saturated carbocycles. The molecule has 0 fully saturated rings. The zero-order valence-electron chi connectivity index (χ0n) is 15.6. The largest absolute Gasteiger partial charge is 0.465 e.